The van der Waals surface area contributed by atoms with E-state index in [1.165, 1.54) is 32.1 Å². The highest BCUT2D eigenvalue weighted by Gasteiger charge is 2.21. The minimum atomic E-state index is -0.0877. The van der Waals surface area contributed by atoms with Crippen molar-refractivity contribution in [2.45, 2.75) is 57.4 Å². The third-order valence-electron chi connectivity index (χ3n) is 5.04. The van der Waals surface area contributed by atoms with Gasteiger partial charge in [0.15, 0.2) is 0 Å². The minimum absolute atomic E-state index is 0.0232. The SMILES string of the molecule is CN(C)C(=O)Cc1ccccc1NC(=O)N(C)C1CCCCCCC1. The number of carbonyl (C=O) groups excluding carboxylic acids is 2. The molecule has 5 nitrogen and oxygen atoms in total. The van der Waals surface area contributed by atoms with E-state index in [1.807, 2.05) is 36.2 Å². The summed E-state index contributed by atoms with van der Waals surface area (Å²) in [7, 11) is 5.37. The molecule has 0 aliphatic heterocycles. The van der Waals surface area contributed by atoms with Crippen LogP contribution < -0.4 is 5.32 Å². The average molecular weight is 345 g/mol. The van der Waals surface area contributed by atoms with Gasteiger partial charge in [0, 0.05) is 32.9 Å². The largest absolute Gasteiger partial charge is 0.349 e. The molecule has 5 heteroatoms. The minimum Gasteiger partial charge on any atom is -0.349 e. The lowest BCUT2D eigenvalue weighted by molar-refractivity contribution is -0.127. The molecular formula is C20H31N3O2. The predicted octanol–water partition coefficient (Wildman–Crippen LogP) is 3.89. The third-order valence-corrected chi connectivity index (χ3v) is 5.04. The van der Waals surface area contributed by atoms with Crippen LogP contribution in [-0.4, -0.2) is 48.9 Å². The van der Waals surface area contributed by atoms with E-state index < -0.39 is 0 Å². The third kappa shape index (κ3) is 5.76. The zero-order valence-electron chi connectivity index (χ0n) is 15.8. The van der Waals surface area contributed by atoms with Gasteiger partial charge in [-0.2, -0.15) is 0 Å². The summed E-state index contributed by atoms with van der Waals surface area (Å²) < 4.78 is 0. The second kappa shape index (κ2) is 9.44. The Morgan fingerprint density at radius 1 is 1.00 bits per heavy atom. The number of amides is 3. The van der Waals surface area contributed by atoms with E-state index in [1.54, 1.807) is 19.0 Å². The van der Waals surface area contributed by atoms with Crippen LogP contribution in [0, 0.1) is 0 Å². The second-order valence-corrected chi connectivity index (χ2v) is 7.16. The van der Waals surface area contributed by atoms with Crippen molar-refractivity contribution < 1.29 is 9.59 Å². The molecule has 2 rings (SSSR count). The summed E-state index contributed by atoms with van der Waals surface area (Å²) in [4.78, 5) is 28.1. The summed E-state index contributed by atoms with van der Waals surface area (Å²) in [6.45, 7) is 0. The molecule has 0 spiro atoms. The summed E-state index contributed by atoms with van der Waals surface area (Å²) in [6.07, 6.45) is 8.66. The molecule has 1 aromatic rings. The smallest absolute Gasteiger partial charge is 0.321 e. The fraction of sp³-hybridized carbons (Fsp3) is 0.600. The van der Waals surface area contributed by atoms with Crippen molar-refractivity contribution in [3.63, 3.8) is 0 Å². The maximum atomic E-state index is 12.7. The molecule has 1 saturated carbocycles. The van der Waals surface area contributed by atoms with Crippen LogP contribution in [0.3, 0.4) is 0 Å². The number of likely N-dealkylation sites (N-methyl/N-ethyl adjacent to an activating group) is 1. The highest BCUT2D eigenvalue weighted by Crippen LogP contribution is 2.22. The molecule has 1 aliphatic carbocycles. The Morgan fingerprint density at radius 3 is 2.24 bits per heavy atom. The number of para-hydroxylation sites is 1. The molecule has 0 unspecified atom stereocenters. The Bertz CT molecular complexity index is 578. The van der Waals surface area contributed by atoms with Crippen molar-refractivity contribution in [3.8, 4) is 0 Å². The molecular weight excluding hydrogens is 314 g/mol. The molecule has 0 bridgehead atoms. The first-order valence-electron chi connectivity index (χ1n) is 9.31. The Morgan fingerprint density at radius 2 is 1.60 bits per heavy atom. The lowest BCUT2D eigenvalue weighted by Crippen LogP contribution is -2.40. The van der Waals surface area contributed by atoms with E-state index >= 15 is 0 Å². The van der Waals surface area contributed by atoms with Crippen LogP contribution in [0.5, 0.6) is 0 Å². The number of hydrogen-bond donors (Lipinski definition) is 1. The number of nitrogens with one attached hydrogen (secondary N) is 1. The highest BCUT2D eigenvalue weighted by atomic mass is 16.2. The quantitative estimate of drug-likeness (QED) is 0.900. The number of nitrogens with zero attached hydrogens (tertiary/aromatic N) is 2. The Kier molecular flexibility index (Phi) is 7.29. The fourth-order valence-electron chi connectivity index (χ4n) is 3.31. The first-order chi connectivity index (χ1) is 12.0. The molecule has 0 aromatic heterocycles. The van der Waals surface area contributed by atoms with Crippen LogP contribution in [0.25, 0.3) is 0 Å². The monoisotopic (exact) mass is 345 g/mol. The molecule has 0 saturated heterocycles. The standard InChI is InChI=1S/C20H31N3O2/c1-22(2)19(24)15-16-11-9-10-14-18(16)21-20(25)23(3)17-12-7-5-4-6-8-13-17/h9-11,14,17H,4-8,12-13,15H2,1-3H3,(H,21,25). The Labute approximate surface area is 151 Å². The Balaban J connectivity index is 2.02. The van der Waals surface area contributed by atoms with Crippen LogP contribution in [-0.2, 0) is 11.2 Å². The molecule has 0 heterocycles. The topological polar surface area (TPSA) is 52.7 Å². The summed E-state index contributed by atoms with van der Waals surface area (Å²) in [5, 5.41) is 3.00. The molecule has 0 radical (unpaired) electrons. The lowest BCUT2D eigenvalue weighted by Gasteiger charge is -2.30. The summed E-state index contributed by atoms with van der Waals surface area (Å²) in [5.74, 6) is 0.0232. The van der Waals surface area contributed by atoms with Gasteiger partial charge in [0.2, 0.25) is 5.91 Å². The molecule has 25 heavy (non-hydrogen) atoms. The molecule has 1 aliphatic rings. The molecule has 1 N–H and O–H groups in total. The average Bonchev–Trinajstić information content (AvgIpc) is 2.55. The van der Waals surface area contributed by atoms with Crippen molar-refractivity contribution in [1.82, 2.24) is 9.80 Å². The number of hydrogen-bond acceptors (Lipinski definition) is 2. The van der Waals surface area contributed by atoms with Crippen molar-refractivity contribution >= 4 is 17.6 Å². The maximum absolute atomic E-state index is 12.7. The maximum Gasteiger partial charge on any atom is 0.321 e. The van der Waals surface area contributed by atoms with E-state index in [0.29, 0.717) is 6.04 Å². The molecule has 1 fully saturated rings. The molecule has 0 atom stereocenters. The first-order valence-corrected chi connectivity index (χ1v) is 9.31. The normalized spacial score (nSPS) is 15.8. The van der Waals surface area contributed by atoms with Crippen LogP contribution in [0.4, 0.5) is 10.5 Å². The van der Waals surface area contributed by atoms with E-state index in [9.17, 15) is 9.59 Å². The van der Waals surface area contributed by atoms with Gasteiger partial charge in [0.25, 0.3) is 0 Å². The van der Waals surface area contributed by atoms with Gasteiger partial charge in [-0.05, 0) is 24.5 Å². The van der Waals surface area contributed by atoms with Crippen molar-refractivity contribution in [2.75, 3.05) is 26.5 Å². The van der Waals surface area contributed by atoms with E-state index in [0.717, 1.165) is 24.1 Å². The van der Waals surface area contributed by atoms with Gasteiger partial charge < -0.3 is 15.1 Å². The van der Waals surface area contributed by atoms with E-state index in [2.05, 4.69) is 5.32 Å². The van der Waals surface area contributed by atoms with Gasteiger partial charge in [-0.1, -0.05) is 50.3 Å². The Hall–Kier alpha value is -2.04. The van der Waals surface area contributed by atoms with Gasteiger partial charge in [-0.15, -0.1) is 0 Å². The van der Waals surface area contributed by atoms with Crippen LogP contribution >= 0.6 is 0 Å². The summed E-state index contributed by atoms with van der Waals surface area (Å²) >= 11 is 0. The fourth-order valence-corrected chi connectivity index (χ4v) is 3.31. The van der Waals surface area contributed by atoms with Gasteiger partial charge in [0.05, 0.1) is 6.42 Å². The van der Waals surface area contributed by atoms with E-state index in [4.69, 9.17) is 0 Å². The highest BCUT2D eigenvalue weighted by molar-refractivity contribution is 5.91. The zero-order chi connectivity index (χ0) is 18.2. The molecule has 1 aromatic carbocycles. The number of carbonyl (C=O) groups is 2. The number of rotatable bonds is 4. The predicted molar refractivity (Wildman–Crippen MR) is 102 cm³/mol. The first kappa shape index (κ1) is 19.3. The summed E-state index contributed by atoms with van der Waals surface area (Å²) in [6, 6.07) is 7.75. The number of anilines is 1. The van der Waals surface area contributed by atoms with Crippen molar-refractivity contribution in [1.29, 1.82) is 0 Å². The van der Waals surface area contributed by atoms with Gasteiger partial charge in [-0.25, -0.2) is 4.79 Å². The number of urea groups is 1. The van der Waals surface area contributed by atoms with Crippen LogP contribution in [0.2, 0.25) is 0 Å². The van der Waals surface area contributed by atoms with E-state index in [-0.39, 0.29) is 18.4 Å². The van der Waals surface area contributed by atoms with Crippen molar-refractivity contribution in [2.24, 2.45) is 0 Å². The lowest BCUT2D eigenvalue weighted by atomic mass is 9.96. The van der Waals surface area contributed by atoms with Crippen molar-refractivity contribution in [3.05, 3.63) is 29.8 Å². The zero-order valence-corrected chi connectivity index (χ0v) is 15.8. The van der Waals surface area contributed by atoms with Gasteiger partial charge >= 0.3 is 6.03 Å². The van der Waals surface area contributed by atoms with Crippen LogP contribution in [0.1, 0.15) is 50.5 Å². The van der Waals surface area contributed by atoms with Gasteiger partial charge in [-0.3, -0.25) is 4.79 Å². The number of benzene rings is 1. The molecule has 138 valence electrons. The second-order valence-electron chi connectivity index (χ2n) is 7.16. The summed E-state index contributed by atoms with van der Waals surface area (Å²) in [5.41, 5.74) is 1.57. The van der Waals surface area contributed by atoms with Crippen LogP contribution in [0.15, 0.2) is 24.3 Å². The van der Waals surface area contributed by atoms with Gasteiger partial charge in [0.1, 0.15) is 0 Å². The molecule has 3 amide bonds.